The molecule has 0 bridgehead atoms. The van der Waals surface area contributed by atoms with E-state index < -0.39 is 29.6 Å². The Balaban J connectivity index is 1.81. The van der Waals surface area contributed by atoms with Crippen molar-refractivity contribution >= 4 is 17.8 Å². The first-order chi connectivity index (χ1) is 13.9. The van der Waals surface area contributed by atoms with Gasteiger partial charge in [-0.25, -0.2) is 9.18 Å². The van der Waals surface area contributed by atoms with Crippen LogP contribution in [0.3, 0.4) is 0 Å². The van der Waals surface area contributed by atoms with E-state index in [1.807, 2.05) is 6.92 Å². The quantitative estimate of drug-likeness (QED) is 0.526. The number of fused-ring (bicyclic) bond motifs is 1. The maximum atomic E-state index is 13.9. The molecule has 0 unspecified atom stereocenters. The predicted octanol–water partition coefficient (Wildman–Crippen LogP) is 3.59. The molecule has 2 aromatic rings. The van der Waals surface area contributed by atoms with E-state index in [1.165, 1.54) is 19.2 Å². The lowest BCUT2D eigenvalue weighted by atomic mass is 9.97. The predicted molar refractivity (Wildman–Crippen MR) is 103 cm³/mol. The molecule has 0 N–H and O–H groups in total. The number of amides is 2. The molecule has 3 rings (SSSR count). The summed E-state index contributed by atoms with van der Waals surface area (Å²) in [6.45, 7) is 3.46. The van der Waals surface area contributed by atoms with Crippen LogP contribution in [0.15, 0.2) is 42.5 Å². The van der Waals surface area contributed by atoms with E-state index >= 15 is 0 Å². The molecule has 6 nitrogen and oxygen atoms in total. The summed E-state index contributed by atoms with van der Waals surface area (Å²) in [7, 11) is 1.36. The first-order valence-corrected chi connectivity index (χ1v) is 9.35. The molecule has 1 aliphatic heterocycles. The number of carbonyl (C=O) groups excluding carboxylic acids is 3. The highest BCUT2D eigenvalue weighted by Crippen LogP contribution is 2.29. The van der Waals surface area contributed by atoms with Crippen molar-refractivity contribution in [3.05, 3.63) is 65.0 Å². The van der Waals surface area contributed by atoms with Crippen molar-refractivity contribution in [1.82, 2.24) is 4.90 Å². The first-order valence-electron chi connectivity index (χ1n) is 9.35. The highest BCUT2D eigenvalue weighted by molar-refractivity contribution is 6.22. The summed E-state index contributed by atoms with van der Waals surface area (Å²) in [5.41, 5.74) is 0.980. The second-order valence-electron chi connectivity index (χ2n) is 6.93. The van der Waals surface area contributed by atoms with Crippen LogP contribution in [0.1, 0.15) is 46.5 Å². The molecule has 0 aromatic heterocycles. The number of esters is 1. The standard InChI is InChI=1S/C22H22FNO5/c1-4-13(2)19(24-20(25)15-7-5-6-8-16(15)21(24)26)22(27)29-12-14-9-10-18(28-3)17(23)11-14/h5-11,13,19H,4,12H2,1-3H3/t13-,19-/m0/s1. The Labute approximate surface area is 168 Å². The Hall–Kier alpha value is -3.22. The molecule has 2 amide bonds. The average Bonchev–Trinajstić information content (AvgIpc) is 2.98. The van der Waals surface area contributed by atoms with E-state index in [4.69, 9.17) is 9.47 Å². The van der Waals surface area contributed by atoms with Crippen LogP contribution in [0.4, 0.5) is 4.39 Å². The van der Waals surface area contributed by atoms with Crippen LogP contribution in [-0.4, -0.2) is 35.8 Å². The molecule has 7 heteroatoms. The van der Waals surface area contributed by atoms with Gasteiger partial charge in [0.05, 0.1) is 18.2 Å². The van der Waals surface area contributed by atoms with Crippen molar-refractivity contribution in [2.45, 2.75) is 32.9 Å². The molecule has 0 saturated carbocycles. The van der Waals surface area contributed by atoms with Gasteiger partial charge in [0.2, 0.25) is 0 Å². The SMILES string of the molecule is CC[C@H](C)[C@@H](C(=O)OCc1ccc(OC)c(F)c1)N1C(=O)c2ccccc2C1=O. The average molecular weight is 399 g/mol. The summed E-state index contributed by atoms with van der Waals surface area (Å²) < 4.78 is 24.1. The number of imide groups is 1. The summed E-state index contributed by atoms with van der Waals surface area (Å²) in [6, 6.07) is 9.64. The number of halogens is 1. The van der Waals surface area contributed by atoms with Gasteiger partial charge in [0.15, 0.2) is 11.6 Å². The van der Waals surface area contributed by atoms with Gasteiger partial charge in [-0.2, -0.15) is 0 Å². The molecular formula is C22H22FNO5. The summed E-state index contributed by atoms with van der Waals surface area (Å²) in [5, 5.41) is 0. The maximum Gasteiger partial charge on any atom is 0.329 e. The van der Waals surface area contributed by atoms with Crippen molar-refractivity contribution in [2.75, 3.05) is 7.11 Å². The smallest absolute Gasteiger partial charge is 0.329 e. The third-order valence-corrected chi connectivity index (χ3v) is 5.13. The van der Waals surface area contributed by atoms with Crippen LogP contribution in [0, 0.1) is 11.7 Å². The molecule has 0 aliphatic carbocycles. The highest BCUT2D eigenvalue weighted by Gasteiger charge is 2.45. The molecule has 0 fully saturated rings. The second-order valence-corrected chi connectivity index (χ2v) is 6.93. The lowest BCUT2D eigenvalue weighted by molar-refractivity contribution is -0.151. The van der Waals surface area contributed by atoms with E-state index in [-0.39, 0.29) is 29.4 Å². The van der Waals surface area contributed by atoms with Crippen LogP contribution < -0.4 is 4.74 Å². The van der Waals surface area contributed by atoms with Crippen molar-refractivity contribution in [2.24, 2.45) is 5.92 Å². The fraction of sp³-hybridized carbons (Fsp3) is 0.318. The number of hydrogen-bond donors (Lipinski definition) is 0. The maximum absolute atomic E-state index is 13.9. The van der Waals surface area contributed by atoms with Crippen LogP contribution in [0.5, 0.6) is 5.75 Å². The monoisotopic (exact) mass is 399 g/mol. The lowest BCUT2D eigenvalue weighted by Gasteiger charge is -2.29. The van der Waals surface area contributed by atoms with Gasteiger partial charge in [0.1, 0.15) is 12.6 Å². The zero-order valence-electron chi connectivity index (χ0n) is 16.5. The van der Waals surface area contributed by atoms with Gasteiger partial charge < -0.3 is 9.47 Å². The van der Waals surface area contributed by atoms with Crippen LogP contribution in [0.25, 0.3) is 0 Å². The largest absolute Gasteiger partial charge is 0.494 e. The van der Waals surface area contributed by atoms with Crippen LogP contribution >= 0.6 is 0 Å². The van der Waals surface area contributed by atoms with Crippen LogP contribution in [0.2, 0.25) is 0 Å². The minimum Gasteiger partial charge on any atom is -0.494 e. The number of hydrogen-bond acceptors (Lipinski definition) is 5. The van der Waals surface area contributed by atoms with Gasteiger partial charge in [-0.1, -0.05) is 38.5 Å². The molecule has 152 valence electrons. The van der Waals surface area contributed by atoms with E-state index in [1.54, 1.807) is 37.3 Å². The molecule has 1 heterocycles. The van der Waals surface area contributed by atoms with Gasteiger partial charge >= 0.3 is 5.97 Å². The lowest BCUT2D eigenvalue weighted by Crippen LogP contribution is -2.49. The molecule has 1 aliphatic rings. The van der Waals surface area contributed by atoms with Gasteiger partial charge in [-0.15, -0.1) is 0 Å². The highest BCUT2D eigenvalue weighted by atomic mass is 19.1. The zero-order chi connectivity index (χ0) is 21.1. The van der Waals surface area contributed by atoms with E-state index in [0.717, 1.165) is 4.90 Å². The molecule has 2 atom stereocenters. The van der Waals surface area contributed by atoms with E-state index in [9.17, 15) is 18.8 Å². The molecule has 29 heavy (non-hydrogen) atoms. The molecular weight excluding hydrogens is 377 g/mol. The number of carbonyl (C=O) groups is 3. The first kappa shape index (κ1) is 20.5. The number of benzene rings is 2. The molecule has 0 spiro atoms. The molecule has 2 aromatic carbocycles. The van der Waals surface area contributed by atoms with Gasteiger partial charge in [0, 0.05) is 0 Å². The Morgan fingerprint density at radius 3 is 2.24 bits per heavy atom. The topological polar surface area (TPSA) is 72.9 Å². The van der Waals surface area contributed by atoms with E-state index in [2.05, 4.69) is 0 Å². The molecule has 0 saturated heterocycles. The number of rotatable bonds is 7. The Morgan fingerprint density at radius 2 is 1.72 bits per heavy atom. The zero-order valence-corrected chi connectivity index (χ0v) is 16.5. The van der Waals surface area contributed by atoms with Crippen molar-refractivity contribution in [3.8, 4) is 5.75 Å². The Kier molecular flexibility index (Phi) is 5.96. The summed E-state index contributed by atoms with van der Waals surface area (Å²) in [6.07, 6.45) is 0.560. The normalized spacial score (nSPS) is 15.1. The van der Waals surface area contributed by atoms with Gasteiger partial charge in [0.25, 0.3) is 11.8 Å². The summed E-state index contributed by atoms with van der Waals surface area (Å²) in [5.74, 6) is -2.52. The number of nitrogens with zero attached hydrogens (tertiary/aromatic N) is 1. The van der Waals surface area contributed by atoms with E-state index in [0.29, 0.717) is 12.0 Å². The second kappa shape index (κ2) is 8.43. The minimum atomic E-state index is -1.06. The third-order valence-electron chi connectivity index (χ3n) is 5.13. The fourth-order valence-electron chi connectivity index (χ4n) is 3.32. The van der Waals surface area contributed by atoms with Crippen molar-refractivity contribution in [3.63, 3.8) is 0 Å². The van der Waals surface area contributed by atoms with Gasteiger partial charge in [-0.3, -0.25) is 14.5 Å². The van der Waals surface area contributed by atoms with Crippen molar-refractivity contribution < 1.29 is 28.2 Å². The van der Waals surface area contributed by atoms with Crippen LogP contribution in [-0.2, 0) is 16.1 Å². The third kappa shape index (κ3) is 3.85. The number of ether oxygens (including phenoxy) is 2. The summed E-state index contributed by atoms with van der Waals surface area (Å²) >= 11 is 0. The summed E-state index contributed by atoms with van der Waals surface area (Å²) in [4.78, 5) is 39.4. The molecule has 0 radical (unpaired) electrons. The Bertz CT molecular complexity index is 923. The van der Waals surface area contributed by atoms with Gasteiger partial charge in [-0.05, 0) is 35.7 Å². The fourth-order valence-corrected chi connectivity index (χ4v) is 3.32. The Morgan fingerprint density at radius 1 is 1.10 bits per heavy atom. The number of methoxy groups -OCH3 is 1. The minimum absolute atomic E-state index is 0.0867. The van der Waals surface area contributed by atoms with Crippen molar-refractivity contribution in [1.29, 1.82) is 0 Å².